The van der Waals surface area contributed by atoms with Crippen LogP contribution >= 0.6 is 15.9 Å². The van der Waals surface area contributed by atoms with Crippen LogP contribution in [0.2, 0.25) is 0 Å². The fourth-order valence-electron chi connectivity index (χ4n) is 3.48. The Labute approximate surface area is 135 Å². The predicted octanol–water partition coefficient (Wildman–Crippen LogP) is 2.33. The van der Waals surface area contributed by atoms with E-state index in [9.17, 15) is 4.79 Å². The highest BCUT2D eigenvalue weighted by atomic mass is 79.9. The van der Waals surface area contributed by atoms with Crippen molar-refractivity contribution in [2.24, 2.45) is 5.92 Å². The topological polar surface area (TPSA) is 23.6 Å². The molecule has 21 heavy (non-hydrogen) atoms. The summed E-state index contributed by atoms with van der Waals surface area (Å²) in [5.41, 5.74) is 2.81. The van der Waals surface area contributed by atoms with Gasteiger partial charge in [0.25, 0.3) is 0 Å². The first-order chi connectivity index (χ1) is 10.3. The molecular weight excluding hydrogens is 328 g/mol. The number of hydrogen-bond acceptors (Lipinski definition) is 2. The first kappa shape index (κ1) is 15.0. The summed E-state index contributed by atoms with van der Waals surface area (Å²) in [6.45, 7) is 4.90. The van der Waals surface area contributed by atoms with Gasteiger partial charge in [0.05, 0.1) is 0 Å². The highest BCUT2D eigenvalue weighted by Gasteiger charge is 2.29. The summed E-state index contributed by atoms with van der Waals surface area (Å²) >= 11 is 3.48. The fraction of sp³-hybridized carbons (Fsp3) is 0.588. The molecule has 2 aliphatic rings. The van der Waals surface area contributed by atoms with Crippen LogP contribution < -0.4 is 0 Å². The number of benzene rings is 1. The Bertz CT molecular complexity index is 497. The molecule has 114 valence electrons. The maximum Gasteiger partial charge on any atom is 0.226 e. The molecule has 1 aliphatic carbocycles. The molecule has 0 bridgehead atoms. The third kappa shape index (κ3) is 3.49. The number of aryl methyl sites for hydroxylation is 1. The number of amides is 1. The number of hydrogen-bond donors (Lipinski definition) is 0. The summed E-state index contributed by atoms with van der Waals surface area (Å²) in [5.74, 6) is 0.575. The first-order valence-electron chi connectivity index (χ1n) is 7.92. The molecule has 1 fully saturated rings. The van der Waals surface area contributed by atoms with Crippen LogP contribution in [0, 0.1) is 5.92 Å². The Kier molecular flexibility index (Phi) is 4.96. The smallest absolute Gasteiger partial charge is 0.226 e. The molecule has 1 aromatic carbocycles. The summed E-state index contributed by atoms with van der Waals surface area (Å²) in [6, 6.07) is 8.58. The van der Waals surface area contributed by atoms with E-state index in [1.807, 2.05) is 0 Å². The average Bonchev–Trinajstić information content (AvgIpc) is 2.55. The van der Waals surface area contributed by atoms with Crippen LogP contribution in [0.3, 0.4) is 0 Å². The van der Waals surface area contributed by atoms with Gasteiger partial charge in [0, 0.05) is 44.0 Å². The number of alkyl halides is 1. The summed E-state index contributed by atoms with van der Waals surface area (Å²) in [4.78, 5) is 17.2. The van der Waals surface area contributed by atoms with Crippen molar-refractivity contribution in [3.63, 3.8) is 0 Å². The normalized spacial score (nSPS) is 22.9. The van der Waals surface area contributed by atoms with Crippen molar-refractivity contribution in [1.82, 2.24) is 9.80 Å². The van der Waals surface area contributed by atoms with Gasteiger partial charge >= 0.3 is 0 Å². The van der Waals surface area contributed by atoms with E-state index in [1.54, 1.807) is 0 Å². The molecule has 1 amide bonds. The number of piperazine rings is 1. The molecule has 0 spiro atoms. The van der Waals surface area contributed by atoms with Gasteiger partial charge in [-0.25, -0.2) is 0 Å². The van der Waals surface area contributed by atoms with Crippen LogP contribution in [0.15, 0.2) is 24.3 Å². The van der Waals surface area contributed by atoms with E-state index in [-0.39, 0.29) is 5.92 Å². The van der Waals surface area contributed by atoms with E-state index in [4.69, 9.17) is 0 Å². The van der Waals surface area contributed by atoms with E-state index in [0.29, 0.717) is 5.91 Å². The monoisotopic (exact) mass is 350 g/mol. The number of fused-ring (bicyclic) bond motifs is 1. The number of rotatable bonds is 3. The fourth-order valence-corrected chi connectivity index (χ4v) is 3.98. The third-order valence-corrected chi connectivity index (χ3v) is 5.14. The number of nitrogens with zero attached hydrogens (tertiary/aromatic N) is 2. The van der Waals surface area contributed by atoms with Gasteiger partial charge in [-0.15, -0.1) is 0 Å². The minimum absolute atomic E-state index is 0.197. The Morgan fingerprint density at radius 2 is 1.86 bits per heavy atom. The number of carbonyl (C=O) groups is 1. The van der Waals surface area contributed by atoms with Crippen LogP contribution in [0.5, 0.6) is 0 Å². The van der Waals surface area contributed by atoms with Crippen molar-refractivity contribution < 1.29 is 4.79 Å². The molecule has 1 unspecified atom stereocenters. The SMILES string of the molecule is O=C(C1CCc2ccccc2C1)N1CCN(CCBr)CC1. The molecule has 0 saturated carbocycles. The van der Waals surface area contributed by atoms with Crippen molar-refractivity contribution in [3.8, 4) is 0 Å². The Hall–Kier alpha value is -0.870. The molecule has 4 heteroatoms. The molecule has 3 rings (SSSR count). The van der Waals surface area contributed by atoms with Crippen molar-refractivity contribution in [2.75, 3.05) is 38.1 Å². The zero-order valence-corrected chi connectivity index (χ0v) is 14.0. The highest BCUT2D eigenvalue weighted by molar-refractivity contribution is 9.09. The average molecular weight is 351 g/mol. The molecule has 1 aromatic rings. The van der Waals surface area contributed by atoms with Gasteiger partial charge in [0.2, 0.25) is 5.91 Å². The molecule has 0 aromatic heterocycles. The van der Waals surface area contributed by atoms with E-state index >= 15 is 0 Å². The summed E-state index contributed by atoms with van der Waals surface area (Å²) in [7, 11) is 0. The minimum Gasteiger partial charge on any atom is -0.340 e. The molecule has 1 saturated heterocycles. The number of halogens is 1. The predicted molar refractivity (Wildman–Crippen MR) is 88.8 cm³/mol. The van der Waals surface area contributed by atoms with Gasteiger partial charge in [-0.3, -0.25) is 9.69 Å². The lowest BCUT2D eigenvalue weighted by molar-refractivity contribution is -0.137. The molecular formula is C17H23BrN2O. The standard InChI is InChI=1S/C17H23BrN2O/c18-7-8-19-9-11-20(12-10-19)17(21)16-6-5-14-3-1-2-4-15(14)13-16/h1-4,16H,5-13H2. The second-order valence-electron chi connectivity index (χ2n) is 6.06. The molecule has 1 heterocycles. The van der Waals surface area contributed by atoms with Crippen LogP contribution in [0.1, 0.15) is 17.5 Å². The van der Waals surface area contributed by atoms with Crippen molar-refractivity contribution >= 4 is 21.8 Å². The second-order valence-corrected chi connectivity index (χ2v) is 6.86. The van der Waals surface area contributed by atoms with Crippen LogP contribution in [-0.2, 0) is 17.6 Å². The zero-order valence-electron chi connectivity index (χ0n) is 12.4. The quantitative estimate of drug-likeness (QED) is 0.781. The Morgan fingerprint density at radius 3 is 2.57 bits per heavy atom. The van der Waals surface area contributed by atoms with E-state index in [1.165, 1.54) is 11.1 Å². The number of carbonyl (C=O) groups excluding carboxylic acids is 1. The lowest BCUT2D eigenvalue weighted by atomic mass is 9.83. The minimum atomic E-state index is 0.197. The van der Waals surface area contributed by atoms with Gasteiger partial charge < -0.3 is 4.90 Å². The summed E-state index contributed by atoms with van der Waals surface area (Å²) in [6.07, 6.45) is 2.99. The van der Waals surface area contributed by atoms with Gasteiger partial charge in [-0.1, -0.05) is 40.2 Å². The lowest BCUT2D eigenvalue weighted by Crippen LogP contribution is -2.51. The Balaban J connectivity index is 1.57. The van der Waals surface area contributed by atoms with Crippen LogP contribution in [0.25, 0.3) is 0 Å². The van der Waals surface area contributed by atoms with E-state index < -0.39 is 0 Å². The van der Waals surface area contributed by atoms with E-state index in [0.717, 1.165) is 57.3 Å². The molecule has 1 atom stereocenters. The first-order valence-corrected chi connectivity index (χ1v) is 9.04. The molecule has 3 nitrogen and oxygen atoms in total. The molecule has 0 radical (unpaired) electrons. The van der Waals surface area contributed by atoms with Crippen molar-refractivity contribution in [3.05, 3.63) is 35.4 Å². The zero-order chi connectivity index (χ0) is 14.7. The van der Waals surface area contributed by atoms with Crippen LogP contribution in [-0.4, -0.2) is 53.8 Å². The van der Waals surface area contributed by atoms with Gasteiger partial charge in [0.15, 0.2) is 0 Å². The summed E-state index contributed by atoms with van der Waals surface area (Å²) < 4.78 is 0. The van der Waals surface area contributed by atoms with Crippen molar-refractivity contribution in [2.45, 2.75) is 19.3 Å². The molecule has 0 N–H and O–H groups in total. The van der Waals surface area contributed by atoms with Gasteiger partial charge in [-0.05, 0) is 30.4 Å². The highest BCUT2D eigenvalue weighted by Crippen LogP contribution is 2.27. The maximum absolute atomic E-state index is 12.7. The lowest BCUT2D eigenvalue weighted by Gasteiger charge is -2.37. The summed E-state index contributed by atoms with van der Waals surface area (Å²) in [5, 5.41) is 1.01. The third-order valence-electron chi connectivity index (χ3n) is 4.78. The van der Waals surface area contributed by atoms with Crippen molar-refractivity contribution in [1.29, 1.82) is 0 Å². The van der Waals surface area contributed by atoms with Crippen LogP contribution in [0.4, 0.5) is 0 Å². The van der Waals surface area contributed by atoms with E-state index in [2.05, 4.69) is 50.0 Å². The van der Waals surface area contributed by atoms with Gasteiger partial charge in [0.1, 0.15) is 0 Å². The largest absolute Gasteiger partial charge is 0.340 e. The maximum atomic E-state index is 12.7. The molecule has 1 aliphatic heterocycles. The second kappa shape index (κ2) is 6.93. The van der Waals surface area contributed by atoms with Gasteiger partial charge in [-0.2, -0.15) is 0 Å². The Morgan fingerprint density at radius 1 is 1.14 bits per heavy atom.